The molecule has 0 aromatic carbocycles. The van der Waals surface area contributed by atoms with Crippen LogP contribution in [-0.2, 0) is 0 Å². The minimum Gasteiger partial charge on any atom is -0.396 e. The highest BCUT2D eigenvalue weighted by atomic mass is 16.3. The highest BCUT2D eigenvalue weighted by Crippen LogP contribution is 2.28. The number of hydrogen-bond acceptors (Lipinski definition) is 3. The van der Waals surface area contributed by atoms with Gasteiger partial charge in [0.05, 0.1) is 5.60 Å². The van der Waals surface area contributed by atoms with Crippen LogP contribution in [0.3, 0.4) is 0 Å². The van der Waals surface area contributed by atoms with Gasteiger partial charge in [0.1, 0.15) is 0 Å². The maximum absolute atomic E-state index is 9.94. The number of aliphatic hydroxyl groups excluding tert-OH is 1. The third-order valence-corrected chi connectivity index (χ3v) is 2.75. The van der Waals surface area contributed by atoms with Crippen LogP contribution >= 0.6 is 0 Å². The van der Waals surface area contributed by atoms with Crippen molar-refractivity contribution in [3.8, 4) is 0 Å². The Bertz CT molecular complexity index is 133. The molecule has 0 aliphatic heterocycles. The van der Waals surface area contributed by atoms with E-state index in [1.54, 1.807) is 0 Å². The molecule has 3 heteroatoms. The van der Waals surface area contributed by atoms with Gasteiger partial charge in [0.2, 0.25) is 0 Å². The molecule has 3 nitrogen and oxygen atoms in total. The zero-order chi connectivity index (χ0) is 9.57. The van der Waals surface area contributed by atoms with Crippen molar-refractivity contribution in [1.82, 2.24) is 5.32 Å². The second-order valence-corrected chi connectivity index (χ2v) is 4.04. The molecule has 0 atom stereocenters. The van der Waals surface area contributed by atoms with Crippen LogP contribution in [0, 0.1) is 0 Å². The zero-order valence-electron chi connectivity index (χ0n) is 8.26. The van der Waals surface area contributed by atoms with Crippen molar-refractivity contribution in [2.24, 2.45) is 0 Å². The van der Waals surface area contributed by atoms with E-state index in [4.69, 9.17) is 5.11 Å². The molecule has 0 spiro atoms. The monoisotopic (exact) mass is 187 g/mol. The summed E-state index contributed by atoms with van der Waals surface area (Å²) in [6.45, 7) is 1.90. The fourth-order valence-electron chi connectivity index (χ4n) is 1.89. The average Bonchev–Trinajstić information content (AvgIpc) is 2.53. The lowest BCUT2D eigenvalue weighted by molar-refractivity contribution is 0.0478. The summed E-state index contributed by atoms with van der Waals surface area (Å²) in [6, 6.07) is 0. The SMILES string of the molecule is OCCCCNCC1(O)CCCC1. The first-order valence-electron chi connectivity index (χ1n) is 5.31. The van der Waals surface area contributed by atoms with E-state index < -0.39 is 5.60 Å². The largest absolute Gasteiger partial charge is 0.396 e. The molecule has 0 aromatic rings. The fraction of sp³-hybridized carbons (Fsp3) is 1.00. The van der Waals surface area contributed by atoms with E-state index in [0.29, 0.717) is 0 Å². The summed E-state index contributed by atoms with van der Waals surface area (Å²) in [6.07, 6.45) is 6.06. The molecule has 0 saturated heterocycles. The van der Waals surface area contributed by atoms with E-state index in [2.05, 4.69) is 5.32 Å². The molecule has 0 bridgehead atoms. The quantitative estimate of drug-likeness (QED) is 0.535. The van der Waals surface area contributed by atoms with Gasteiger partial charge in [-0.1, -0.05) is 12.8 Å². The van der Waals surface area contributed by atoms with Crippen LogP contribution in [0.2, 0.25) is 0 Å². The highest BCUT2D eigenvalue weighted by Gasteiger charge is 2.30. The summed E-state index contributed by atoms with van der Waals surface area (Å²) in [5.41, 5.74) is -0.431. The molecular formula is C10H21NO2. The van der Waals surface area contributed by atoms with Crippen molar-refractivity contribution >= 4 is 0 Å². The Morgan fingerprint density at radius 1 is 1.15 bits per heavy atom. The van der Waals surface area contributed by atoms with E-state index >= 15 is 0 Å². The van der Waals surface area contributed by atoms with Crippen molar-refractivity contribution in [3.05, 3.63) is 0 Å². The first-order valence-corrected chi connectivity index (χ1v) is 5.31. The van der Waals surface area contributed by atoms with E-state index in [0.717, 1.165) is 51.6 Å². The van der Waals surface area contributed by atoms with Crippen LogP contribution in [0.25, 0.3) is 0 Å². The lowest BCUT2D eigenvalue weighted by Gasteiger charge is -2.22. The summed E-state index contributed by atoms with van der Waals surface area (Å²) < 4.78 is 0. The molecule has 0 amide bonds. The van der Waals surface area contributed by atoms with Gasteiger partial charge in [-0.05, 0) is 32.2 Å². The topological polar surface area (TPSA) is 52.5 Å². The lowest BCUT2D eigenvalue weighted by atomic mass is 10.0. The molecule has 1 fully saturated rings. The minimum absolute atomic E-state index is 0.270. The fourth-order valence-corrected chi connectivity index (χ4v) is 1.89. The van der Waals surface area contributed by atoms with Gasteiger partial charge in [0.25, 0.3) is 0 Å². The molecule has 0 unspecified atom stereocenters. The number of nitrogens with one attached hydrogen (secondary N) is 1. The molecule has 0 radical (unpaired) electrons. The first kappa shape index (κ1) is 11.0. The second-order valence-electron chi connectivity index (χ2n) is 4.04. The Morgan fingerprint density at radius 2 is 1.85 bits per heavy atom. The molecule has 3 N–H and O–H groups in total. The third kappa shape index (κ3) is 4.07. The van der Waals surface area contributed by atoms with Crippen molar-refractivity contribution in [2.45, 2.75) is 44.1 Å². The molecule has 13 heavy (non-hydrogen) atoms. The molecule has 1 rings (SSSR count). The van der Waals surface area contributed by atoms with E-state index in [1.807, 2.05) is 0 Å². The predicted molar refractivity (Wildman–Crippen MR) is 52.6 cm³/mol. The van der Waals surface area contributed by atoms with Crippen LogP contribution in [0.1, 0.15) is 38.5 Å². The van der Waals surface area contributed by atoms with Gasteiger partial charge in [-0.25, -0.2) is 0 Å². The maximum atomic E-state index is 9.94. The summed E-state index contributed by atoms with van der Waals surface area (Å²) in [5, 5.41) is 21.7. The molecule has 1 aliphatic rings. The smallest absolute Gasteiger partial charge is 0.0771 e. The molecule has 0 aromatic heterocycles. The van der Waals surface area contributed by atoms with Gasteiger partial charge in [-0.3, -0.25) is 0 Å². The van der Waals surface area contributed by atoms with Gasteiger partial charge in [-0.2, -0.15) is 0 Å². The van der Waals surface area contributed by atoms with Crippen molar-refractivity contribution < 1.29 is 10.2 Å². The molecule has 0 heterocycles. The Hall–Kier alpha value is -0.120. The Labute approximate surface area is 80.2 Å². The summed E-state index contributed by atoms with van der Waals surface area (Å²) in [7, 11) is 0. The second kappa shape index (κ2) is 5.58. The maximum Gasteiger partial charge on any atom is 0.0771 e. The van der Waals surface area contributed by atoms with Gasteiger partial charge < -0.3 is 15.5 Å². The first-order chi connectivity index (χ1) is 6.27. The van der Waals surface area contributed by atoms with Gasteiger partial charge in [-0.15, -0.1) is 0 Å². The van der Waals surface area contributed by atoms with E-state index in [1.165, 1.54) is 0 Å². The van der Waals surface area contributed by atoms with E-state index in [-0.39, 0.29) is 6.61 Å². The molecular weight excluding hydrogens is 166 g/mol. The van der Waals surface area contributed by atoms with Gasteiger partial charge in [0.15, 0.2) is 0 Å². The highest BCUT2D eigenvalue weighted by molar-refractivity contribution is 4.85. The molecule has 1 saturated carbocycles. The van der Waals surface area contributed by atoms with Crippen molar-refractivity contribution in [1.29, 1.82) is 0 Å². The minimum atomic E-state index is -0.431. The normalized spacial score (nSPS) is 20.8. The van der Waals surface area contributed by atoms with Crippen LogP contribution in [0.15, 0.2) is 0 Å². The standard InChI is InChI=1S/C10H21NO2/c12-8-4-3-7-11-9-10(13)5-1-2-6-10/h11-13H,1-9H2. The van der Waals surface area contributed by atoms with Gasteiger partial charge in [0, 0.05) is 13.2 Å². The van der Waals surface area contributed by atoms with Crippen molar-refractivity contribution in [2.75, 3.05) is 19.7 Å². The van der Waals surface area contributed by atoms with E-state index in [9.17, 15) is 5.11 Å². The number of unbranched alkanes of at least 4 members (excludes halogenated alkanes) is 1. The zero-order valence-corrected chi connectivity index (χ0v) is 8.26. The molecule has 1 aliphatic carbocycles. The number of aliphatic hydroxyl groups is 2. The van der Waals surface area contributed by atoms with Crippen LogP contribution in [0.4, 0.5) is 0 Å². The molecule has 78 valence electrons. The summed E-state index contributed by atoms with van der Waals surface area (Å²) in [5.74, 6) is 0. The Kier molecular flexibility index (Phi) is 4.70. The summed E-state index contributed by atoms with van der Waals surface area (Å²) in [4.78, 5) is 0. The van der Waals surface area contributed by atoms with Crippen molar-refractivity contribution in [3.63, 3.8) is 0 Å². The Morgan fingerprint density at radius 3 is 2.46 bits per heavy atom. The third-order valence-electron chi connectivity index (χ3n) is 2.75. The van der Waals surface area contributed by atoms with Gasteiger partial charge >= 0.3 is 0 Å². The Balaban J connectivity index is 1.98. The summed E-state index contributed by atoms with van der Waals surface area (Å²) >= 11 is 0. The van der Waals surface area contributed by atoms with Crippen LogP contribution in [0.5, 0.6) is 0 Å². The average molecular weight is 187 g/mol. The number of hydrogen-bond donors (Lipinski definition) is 3. The van der Waals surface area contributed by atoms with Crippen LogP contribution in [-0.4, -0.2) is 35.5 Å². The van der Waals surface area contributed by atoms with Crippen LogP contribution < -0.4 is 5.32 Å². The predicted octanol–water partition coefficient (Wildman–Crippen LogP) is 0.654. The number of rotatable bonds is 6. The lowest BCUT2D eigenvalue weighted by Crippen LogP contribution is -2.38.